The van der Waals surface area contributed by atoms with Crippen molar-refractivity contribution in [3.63, 3.8) is 0 Å². The number of carbonyl (C=O) groups excluding carboxylic acids is 1. The first kappa shape index (κ1) is 11.6. The monoisotopic (exact) mass is 273 g/mol. The zero-order chi connectivity index (χ0) is 13.5. The minimum Gasteiger partial charge on any atom is -0.334 e. The van der Waals surface area contributed by atoms with E-state index in [1.54, 1.807) is 11.1 Å². The lowest BCUT2D eigenvalue weighted by Crippen LogP contribution is -2.28. The molecule has 7 heteroatoms. The lowest BCUT2D eigenvalue weighted by Gasteiger charge is -2.13. The number of H-pyrrole nitrogens is 1. The molecule has 20 heavy (non-hydrogen) atoms. The maximum Gasteiger partial charge on any atom is 0.316 e. The summed E-state index contributed by atoms with van der Waals surface area (Å²) in [5, 5.41) is 10.8. The van der Waals surface area contributed by atoms with Gasteiger partial charge in [-0.15, -0.1) is 0 Å². The van der Waals surface area contributed by atoms with Crippen molar-refractivity contribution in [3.8, 4) is 0 Å². The van der Waals surface area contributed by atoms with Crippen LogP contribution in [0.2, 0.25) is 0 Å². The van der Waals surface area contributed by atoms with Crippen molar-refractivity contribution in [1.82, 2.24) is 25.2 Å². The second-order valence-electron chi connectivity index (χ2n) is 5.48. The highest BCUT2D eigenvalue weighted by molar-refractivity contribution is 5.89. The van der Waals surface area contributed by atoms with E-state index >= 15 is 0 Å². The van der Waals surface area contributed by atoms with Gasteiger partial charge in [-0.05, 0) is 25.3 Å². The lowest BCUT2D eigenvalue weighted by molar-refractivity contribution is 0.0741. The molecule has 3 heterocycles. The third kappa shape index (κ3) is 1.99. The van der Waals surface area contributed by atoms with Gasteiger partial charge >= 0.3 is 11.8 Å². The summed E-state index contributed by atoms with van der Waals surface area (Å²) in [5.41, 5.74) is 1.07. The Bertz CT molecular complexity index is 617. The van der Waals surface area contributed by atoms with E-state index in [2.05, 4.69) is 20.3 Å². The molecule has 2 aliphatic rings. The summed E-state index contributed by atoms with van der Waals surface area (Å²) < 4.78 is 5.09. The number of likely N-dealkylation sites (tertiary alicyclic amines) is 1. The number of nitrogens with zero attached hydrogens (tertiary/aromatic N) is 4. The third-order valence-corrected chi connectivity index (χ3v) is 4.00. The molecule has 0 bridgehead atoms. The zero-order valence-electron chi connectivity index (χ0n) is 11.0. The smallest absolute Gasteiger partial charge is 0.316 e. The van der Waals surface area contributed by atoms with E-state index in [0.29, 0.717) is 30.7 Å². The minimum atomic E-state index is -0.161. The maximum atomic E-state index is 12.3. The van der Waals surface area contributed by atoms with Crippen LogP contribution >= 0.6 is 0 Å². The Kier molecular flexibility index (Phi) is 2.58. The molecule has 1 saturated heterocycles. The molecular weight excluding hydrogens is 258 g/mol. The van der Waals surface area contributed by atoms with Crippen molar-refractivity contribution < 1.29 is 9.32 Å². The topological polar surface area (TPSA) is 87.9 Å². The van der Waals surface area contributed by atoms with E-state index in [0.717, 1.165) is 25.0 Å². The van der Waals surface area contributed by atoms with Crippen LogP contribution in [0, 0.1) is 0 Å². The first-order chi connectivity index (χ1) is 9.81. The van der Waals surface area contributed by atoms with Gasteiger partial charge in [0.25, 0.3) is 0 Å². The summed E-state index contributed by atoms with van der Waals surface area (Å²) in [6.07, 6.45) is 4.86. The van der Waals surface area contributed by atoms with Crippen LogP contribution in [0.3, 0.4) is 0 Å². The molecule has 1 saturated carbocycles. The molecule has 1 aliphatic carbocycles. The van der Waals surface area contributed by atoms with Crippen molar-refractivity contribution in [2.24, 2.45) is 0 Å². The maximum absolute atomic E-state index is 12.3. The molecule has 1 amide bonds. The number of hydrogen-bond donors (Lipinski definition) is 1. The van der Waals surface area contributed by atoms with Gasteiger partial charge in [-0.2, -0.15) is 10.1 Å². The predicted octanol–water partition coefficient (Wildman–Crippen LogP) is 1.30. The molecule has 2 aromatic heterocycles. The summed E-state index contributed by atoms with van der Waals surface area (Å²) in [6, 6.07) is 1.95. The van der Waals surface area contributed by atoms with Crippen LogP contribution in [-0.2, 0) is 0 Å². The summed E-state index contributed by atoms with van der Waals surface area (Å²) >= 11 is 0. The third-order valence-electron chi connectivity index (χ3n) is 4.00. The van der Waals surface area contributed by atoms with Crippen LogP contribution in [0.25, 0.3) is 0 Å². The van der Waals surface area contributed by atoms with Gasteiger partial charge in [-0.1, -0.05) is 5.16 Å². The summed E-state index contributed by atoms with van der Waals surface area (Å²) in [5.74, 6) is 1.35. The molecule has 1 atom stereocenters. The Morgan fingerprint density at radius 2 is 2.25 bits per heavy atom. The molecule has 0 spiro atoms. The van der Waals surface area contributed by atoms with Crippen molar-refractivity contribution in [3.05, 3.63) is 29.7 Å². The Morgan fingerprint density at radius 3 is 3.00 bits per heavy atom. The van der Waals surface area contributed by atoms with Crippen LogP contribution < -0.4 is 0 Å². The average molecular weight is 273 g/mol. The highest BCUT2D eigenvalue weighted by atomic mass is 16.5. The number of aromatic nitrogens is 4. The normalized spacial score (nSPS) is 22.4. The number of aromatic amines is 1. The molecule has 104 valence electrons. The van der Waals surface area contributed by atoms with Gasteiger partial charge < -0.3 is 9.42 Å². The van der Waals surface area contributed by atoms with Gasteiger partial charge in [0.2, 0.25) is 0 Å². The summed E-state index contributed by atoms with van der Waals surface area (Å²) in [4.78, 5) is 18.3. The first-order valence-corrected chi connectivity index (χ1v) is 6.93. The van der Waals surface area contributed by atoms with Gasteiger partial charge in [-0.25, -0.2) is 0 Å². The van der Waals surface area contributed by atoms with Crippen molar-refractivity contribution in [1.29, 1.82) is 0 Å². The molecule has 7 nitrogen and oxygen atoms in total. The van der Waals surface area contributed by atoms with Gasteiger partial charge in [0, 0.05) is 36.8 Å². The molecular formula is C13H15N5O2. The zero-order valence-corrected chi connectivity index (χ0v) is 11.0. The lowest BCUT2D eigenvalue weighted by atomic mass is 10.1. The fraction of sp³-hybridized carbons (Fsp3) is 0.538. The molecule has 1 unspecified atom stereocenters. The summed E-state index contributed by atoms with van der Waals surface area (Å²) in [6.45, 7) is 1.38. The number of rotatable bonds is 3. The largest absolute Gasteiger partial charge is 0.334 e. The molecule has 4 rings (SSSR count). The van der Waals surface area contributed by atoms with Gasteiger partial charge in [0.1, 0.15) is 0 Å². The highest BCUT2D eigenvalue weighted by Gasteiger charge is 2.34. The molecule has 2 aromatic rings. The van der Waals surface area contributed by atoms with Crippen LogP contribution in [-0.4, -0.2) is 44.2 Å². The Hall–Kier alpha value is -2.18. The molecule has 1 aliphatic heterocycles. The van der Waals surface area contributed by atoms with Crippen LogP contribution in [0.5, 0.6) is 0 Å². The second kappa shape index (κ2) is 4.43. The van der Waals surface area contributed by atoms with E-state index in [-0.39, 0.29) is 11.8 Å². The SMILES string of the molecule is O=C(c1nc(C2CC2)no1)N1CCC(c2ccn[nH]2)C1. The standard InChI is InChI=1S/C13H15N5O2/c19-13(12-15-11(17-20-12)8-1-2-8)18-6-4-9(7-18)10-3-5-14-16-10/h3,5,8-9H,1-2,4,6-7H2,(H,14,16). The van der Waals surface area contributed by atoms with Gasteiger partial charge in [-0.3, -0.25) is 9.89 Å². The molecule has 0 radical (unpaired) electrons. The fourth-order valence-corrected chi connectivity index (χ4v) is 2.66. The Labute approximate surface area is 115 Å². The van der Waals surface area contributed by atoms with Gasteiger partial charge in [0.05, 0.1) is 0 Å². The quantitative estimate of drug-likeness (QED) is 0.910. The number of carbonyl (C=O) groups is 1. The molecule has 0 aromatic carbocycles. The van der Waals surface area contributed by atoms with E-state index in [1.807, 2.05) is 6.07 Å². The van der Waals surface area contributed by atoms with Crippen molar-refractivity contribution in [2.75, 3.05) is 13.1 Å². The molecule has 1 N–H and O–H groups in total. The Balaban J connectivity index is 1.46. The second-order valence-corrected chi connectivity index (χ2v) is 5.48. The number of hydrogen-bond acceptors (Lipinski definition) is 5. The van der Waals surface area contributed by atoms with E-state index in [1.165, 1.54) is 0 Å². The minimum absolute atomic E-state index is 0.122. The van der Waals surface area contributed by atoms with Gasteiger partial charge in [0.15, 0.2) is 5.82 Å². The average Bonchev–Trinajstić information content (AvgIpc) is 2.97. The summed E-state index contributed by atoms with van der Waals surface area (Å²) in [7, 11) is 0. The van der Waals surface area contributed by atoms with E-state index in [9.17, 15) is 4.79 Å². The van der Waals surface area contributed by atoms with E-state index in [4.69, 9.17) is 4.52 Å². The first-order valence-electron chi connectivity index (χ1n) is 6.93. The fourth-order valence-electron chi connectivity index (χ4n) is 2.66. The van der Waals surface area contributed by atoms with Crippen molar-refractivity contribution in [2.45, 2.75) is 31.1 Å². The van der Waals surface area contributed by atoms with Crippen LogP contribution in [0.4, 0.5) is 0 Å². The predicted molar refractivity (Wildman–Crippen MR) is 68.1 cm³/mol. The van der Waals surface area contributed by atoms with Crippen molar-refractivity contribution >= 4 is 5.91 Å². The number of nitrogens with one attached hydrogen (secondary N) is 1. The highest BCUT2D eigenvalue weighted by Crippen LogP contribution is 2.38. The number of amides is 1. The molecule has 2 fully saturated rings. The van der Waals surface area contributed by atoms with E-state index < -0.39 is 0 Å². The van der Waals surface area contributed by atoms with Crippen LogP contribution in [0.1, 0.15) is 53.3 Å². The van der Waals surface area contributed by atoms with Crippen LogP contribution in [0.15, 0.2) is 16.8 Å². The Morgan fingerprint density at radius 1 is 1.35 bits per heavy atom.